The fraction of sp³-hybridized carbons (Fsp3) is 0.583. The number of nitro groups is 1. The van der Waals surface area contributed by atoms with E-state index >= 15 is 0 Å². The van der Waals surface area contributed by atoms with Gasteiger partial charge >= 0.3 is 5.82 Å². The van der Waals surface area contributed by atoms with E-state index in [1.807, 2.05) is 0 Å². The van der Waals surface area contributed by atoms with Gasteiger partial charge < -0.3 is 15.4 Å². The maximum Gasteiger partial charge on any atom is 0.363 e. The number of nitrogens with one attached hydrogen (secondary N) is 1. The van der Waals surface area contributed by atoms with Crippen LogP contribution < -0.4 is 5.32 Å². The molecule has 21 heavy (non-hydrogen) atoms. The van der Waals surface area contributed by atoms with Crippen molar-refractivity contribution < 1.29 is 13.3 Å². The third kappa shape index (κ3) is 3.55. The molecule has 1 aliphatic heterocycles. The molecular weight excluding hydrogens is 296 g/mol. The first kappa shape index (κ1) is 15.8. The monoisotopic (exact) mass is 314 g/mol. The maximum absolute atomic E-state index is 12.5. The van der Waals surface area contributed by atoms with Crippen LogP contribution in [0.1, 0.15) is 19.3 Å². The Morgan fingerprint density at radius 3 is 2.76 bits per heavy atom. The molecule has 0 aliphatic carbocycles. The van der Waals surface area contributed by atoms with Crippen LogP contribution in [-0.4, -0.2) is 48.8 Å². The highest BCUT2D eigenvalue weighted by atomic mass is 32.2. The lowest BCUT2D eigenvalue weighted by atomic mass is 10.1. The Balaban J connectivity index is 2.21. The van der Waals surface area contributed by atoms with Crippen LogP contribution in [0.15, 0.2) is 23.2 Å². The van der Waals surface area contributed by atoms with Gasteiger partial charge in [-0.3, -0.25) is 0 Å². The van der Waals surface area contributed by atoms with Gasteiger partial charge in [0.05, 0.1) is 0 Å². The molecule has 0 radical (unpaired) electrons. The van der Waals surface area contributed by atoms with Crippen molar-refractivity contribution in [1.82, 2.24) is 14.6 Å². The van der Waals surface area contributed by atoms with Gasteiger partial charge in [0.15, 0.2) is 6.20 Å². The second-order valence-electron chi connectivity index (χ2n) is 4.97. The first-order valence-electron chi connectivity index (χ1n) is 6.72. The molecule has 1 aromatic rings. The van der Waals surface area contributed by atoms with Crippen LogP contribution >= 0.6 is 0 Å². The largest absolute Gasteiger partial charge is 0.363 e. The summed E-state index contributed by atoms with van der Waals surface area (Å²) in [6.07, 6.45) is 3.50. The molecule has 1 atom stereocenters. The van der Waals surface area contributed by atoms with Gasteiger partial charge in [-0.2, -0.15) is 4.31 Å². The summed E-state index contributed by atoms with van der Waals surface area (Å²) in [5.41, 5.74) is 0. The van der Waals surface area contributed by atoms with Gasteiger partial charge in [-0.05, 0) is 48.3 Å². The van der Waals surface area contributed by atoms with Crippen molar-refractivity contribution in [2.75, 3.05) is 20.1 Å². The lowest BCUT2D eigenvalue weighted by molar-refractivity contribution is -0.389. The minimum absolute atomic E-state index is 0.0205. The summed E-state index contributed by atoms with van der Waals surface area (Å²) < 4.78 is 26.4. The molecule has 8 nitrogen and oxygen atoms in total. The molecule has 0 bridgehead atoms. The van der Waals surface area contributed by atoms with Crippen LogP contribution in [0.3, 0.4) is 0 Å². The van der Waals surface area contributed by atoms with E-state index in [2.05, 4.69) is 10.3 Å². The van der Waals surface area contributed by atoms with Crippen molar-refractivity contribution in [1.29, 1.82) is 0 Å². The van der Waals surface area contributed by atoms with Gasteiger partial charge in [0.2, 0.25) is 10.0 Å². The van der Waals surface area contributed by atoms with Gasteiger partial charge in [-0.15, -0.1) is 0 Å². The Hall–Kier alpha value is -1.58. The fourth-order valence-corrected chi connectivity index (χ4v) is 3.72. The summed E-state index contributed by atoms with van der Waals surface area (Å²) in [6, 6.07) is 2.27. The molecule has 0 spiro atoms. The van der Waals surface area contributed by atoms with Crippen LogP contribution in [-0.2, 0) is 10.0 Å². The zero-order chi connectivity index (χ0) is 15.5. The standard InChI is InChI=1S/C12H18N4O4S/c1-15(10-3-2-7-13-8-6-10)21(19,20)11-4-5-12(14-9-11)16(17)18/h4-5,9-10,13H,2-3,6-8H2,1H3. The molecule has 1 N–H and O–H groups in total. The summed E-state index contributed by atoms with van der Waals surface area (Å²) in [5, 5.41) is 13.8. The lowest BCUT2D eigenvalue weighted by Crippen LogP contribution is -2.37. The second kappa shape index (κ2) is 6.46. The van der Waals surface area contributed by atoms with E-state index in [-0.39, 0.29) is 16.8 Å². The van der Waals surface area contributed by atoms with E-state index in [1.54, 1.807) is 7.05 Å². The van der Waals surface area contributed by atoms with Crippen LogP contribution in [0.5, 0.6) is 0 Å². The first-order chi connectivity index (χ1) is 9.93. The SMILES string of the molecule is CN(C1CCCNCC1)S(=O)(=O)c1ccc([N+](=O)[O-])nc1. The molecule has 2 rings (SSSR count). The minimum atomic E-state index is -3.68. The molecule has 1 saturated heterocycles. The molecule has 0 aromatic carbocycles. The molecule has 0 amide bonds. The number of nitrogens with zero attached hydrogens (tertiary/aromatic N) is 3. The van der Waals surface area contributed by atoms with Gasteiger partial charge in [0.25, 0.3) is 0 Å². The Morgan fingerprint density at radius 1 is 1.38 bits per heavy atom. The zero-order valence-corrected chi connectivity index (χ0v) is 12.5. The molecule has 0 saturated carbocycles. The highest BCUT2D eigenvalue weighted by Gasteiger charge is 2.29. The van der Waals surface area contributed by atoms with Crippen LogP contribution in [0.25, 0.3) is 0 Å². The maximum atomic E-state index is 12.5. The Morgan fingerprint density at radius 2 is 2.14 bits per heavy atom. The molecule has 1 aromatic heterocycles. The quantitative estimate of drug-likeness (QED) is 0.649. The molecule has 2 heterocycles. The Bertz CT molecular complexity index is 594. The number of hydrogen-bond acceptors (Lipinski definition) is 6. The Labute approximate surface area is 123 Å². The van der Waals surface area contributed by atoms with Crippen LogP contribution in [0, 0.1) is 10.1 Å². The average molecular weight is 314 g/mol. The average Bonchev–Trinajstić information content (AvgIpc) is 2.75. The lowest BCUT2D eigenvalue weighted by Gasteiger charge is -2.25. The smallest absolute Gasteiger partial charge is 0.358 e. The summed E-state index contributed by atoms with van der Waals surface area (Å²) in [5.74, 6) is -0.365. The third-order valence-electron chi connectivity index (χ3n) is 3.64. The van der Waals surface area contributed by atoms with Crippen molar-refractivity contribution in [3.05, 3.63) is 28.4 Å². The highest BCUT2D eigenvalue weighted by molar-refractivity contribution is 7.89. The van der Waals surface area contributed by atoms with E-state index in [9.17, 15) is 18.5 Å². The fourth-order valence-electron chi connectivity index (χ4n) is 2.36. The van der Waals surface area contributed by atoms with Crippen molar-refractivity contribution in [2.45, 2.75) is 30.2 Å². The minimum Gasteiger partial charge on any atom is -0.358 e. The molecule has 1 unspecified atom stereocenters. The van der Waals surface area contributed by atoms with Gasteiger partial charge in [-0.25, -0.2) is 8.42 Å². The topological polar surface area (TPSA) is 105 Å². The summed E-state index contributed by atoms with van der Waals surface area (Å²) >= 11 is 0. The molecule has 116 valence electrons. The number of hydrogen-bond donors (Lipinski definition) is 1. The zero-order valence-electron chi connectivity index (χ0n) is 11.7. The van der Waals surface area contributed by atoms with E-state index in [0.717, 1.165) is 44.6 Å². The molecule has 1 fully saturated rings. The summed E-state index contributed by atoms with van der Waals surface area (Å²) in [4.78, 5) is 13.5. The van der Waals surface area contributed by atoms with Gasteiger partial charge in [0.1, 0.15) is 4.90 Å². The number of pyridine rings is 1. The van der Waals surface area contributed by atoms with Crippen molar-refractivity contribution >= 4 is 15.8 Å². The number of aromatic nitrogens is 1. The predicted molar refractivity (Wildman–Crippen MR) is 76.3 cm³/mol. The van der Waals surface area contributed by atoms with Gasteiger partial charge in [-0.1, -0.05) is 0 Å². The van der Waals surface area contributed by atoms with Crippen LogP contribution in [0.4, 0.5) is 5.82 Å². The molecule has 1 aliphatic rings. The van der Waals surface area contributed by atoms with Crippen LogP contribution in [0.2, 0.25) is 0 Å². The second-order valence-corrected chi connectivity index (χ2v) is 6.96. The molecule has 9 heteroatoms. The number of sulfonamides is 1. The van der Waals surface area contributed by atoms with Crippen molar-refractivity contribution in [3.8, 4) is 0 Å². The van der Waals surface area contributed by atoms with Crippen molar-refractivity contribution in [2.24, 2.45) is 0 Å². The Kier molecular flexibility index (Phi) is 4.86. The highest BCUT2D eigenvalue weighted by Crippen LogP contribution is 2.21. The first-order valence-corrected chi connectivity index (χ1v) is 8.16. The van der Waals surface area contributed by atoms with E-state index in [1.165, 1.54) is 10.4 Å². The van der Waals surface area contributed by atoms with Crippen molar-refractivity contribution in [3.63, 3.8) is 0 Å². The normalized spacial score (nSPS) is 20.2. The summed E-state index contributed by atoms with van der Waals surface area (Å²) in [6.45, 7) is 1.67. The van der Waals surface area contributed by atoms with Gasteiger partial charge in [0, 0.05) is 19.2 Å². The molecular formula is C12H18N4O4S. The summed E-state index contributed by atoms with van der Waals surface area (Å²) in [7, 11) is -2.13. The third-order valence-corrected chi connectivity index (χ3v) is 5.54. The van der Waals surface area contributed by atoms with E-state index in [4.69, 9.17) is 0 Å². The van der Waals surface area contributed by atoms with E-state index < -0.39 is 14.9 Å². The predicted octanol–water partition coefficient (Wildman–Crippen LogP) is 0.752. The number of rotatable bonds is 4. The van der Waals surface area contributed by atoms with E-state index in [0.29, 0.717) is 0 Å².